The maximum atomic E-state index is 12.5. The van der Waals surface area contributed by atoms with Crippen LogP contribution < -0.4 is 14.8 Å². The maximum Gasteiger partial charge on any atom is 0.292 e. The zero-order valence-corrected chi connectivity index (χ0v) is 18.6. The van der Waals surface area contributed by atoms with Crippen LogP contribution in [0.1, 0.15) is 21.9 Å². The average molecular weight is 472 g/mol. The van der Waals surface area contributed by atoms with E-state index in [0.29, 0.717) is 39.7 Å². The summed E-state index contributed by atoms with van der Waals surface area (Å²) in [6.45, 7) is 0.620. The van der Waals surface area contributed by atoms with Gasteiger partial charge < -0.3 is 19.2 Å². The van der Waals surface area contributed by atoms with E-state index >= 15 is 0 Å². The van der Waals surface area contributed by atoms with E-state index in [4.69, 9.17) is 37.1 Å². The average Bonchev–Trinajstić information content (AvgIpc) is 3.44. The second kappa shape index (κ2) is 9.80. The minimum absolute atomic E-state index is 0.157. The van der Waals surface area contributed by atoms with E-state index in [-0.39, 0.29) is 12.4 Å². The summed E-state index contributed by atoms with van der Waals surface area (Å²) in [7, 11) is 1.59. The molecule has 0 saturated carbocycles. The molecule has 1 N–H and O–H groups in total. The van der Waals surface area contributed by atoms with Crippen molar-refractivity contribution < 1.29 is 18.7 Å². The van der Waals surface area contributed by atoms with E-state index in [1.54, 1.807) is 54.4 Å². The van der Waals surface area contributed by atoms with E-state index in [1.807, 2.05) is 24.3 Å². The summed E-state index contributed by atoms with van der Waals surface area (Å²) in [5.74, 6) is 1.99. The Morgan fingerprint density at radius 1 is 1.09 bits per heavy atom. The highest BCUT2D eigenvalue weighted by Crippen LogP contribution is 2.23. The molecule has 0 aliphatic heterocycles. The molecule has 0 fully saturated rings. The summed E-state index contributed by atoms with van der Waals surface area (Å²) in [5, 5.41) is 8.18. The molecule has 32 heavy (non-hydrogen) atoms. The maximum absolute atomic E-state index is 12.5. The largest absolute Gasteiger partial charge is 0.497 e. The Kier molecular flexibility index (Phi) is 6.68. The number of aromatic nitrogens is 2. The van der Waals surface area contributed by atoms with Crippen molar-refractivity contribution in [3.8, 4) is 11.5 Å². The van der Waals surface area contributed by atoms with Crippen LogP contribution in [-0.4, -0.2) is 22.8 Å². The van der Waals surface area contributed by atoms with Gasteiger partial charge in [-0.2, -0.15) is 5.10 Å². The Morgan fingerprint density at radius 3 is 2.75 bits per heavy atom. The van der Waals surface area contributed by atoms with Gasteiger partial charge in [-0.25, -0.2) is 0 Å². The molecule has 0 aliphatic rings. The van der Waals surface area contributed by atoms with Crippen LogP contribution in [0, 0.1) is 0 Å². The number of anilines is 1. The van der Waals surface area contributed by atoms with Crippen LogP contribution in [0.2, 0.25) is 10.0 Å². The fraction of sp³-hybridized carbons (Fsp3) is 0.130. The highest BCUT2D eigenvalue weighted by Gasteiger charge is 2.14. The van der Waals surface area contributed by atoms with E-state index in [0.717, 1.165) is 5.56 Å². The van der Waals surface area contributed by atoms with Crippen LogP contribution in [0.3, 0.4) is 0 Å². The van der Waals surface area contributed by atoms with Crippen molar-refractivity contribution in [3.05, 3.63) is 94.0 Å². The SMILES string of the molecule is COc1cccc(OCc2ccc(C(=O)Nc3ccn(Cc4ccc(Cl)cc4Cl)n3)o2)c1. The Morgan fingerprint density at radius 2 is 1.94 bits per heavy atom. The van der Waals surface area contributed by atoms with Gasteiger partial charge in [0.2, 0.25) is 0 Å². The molecule has 9 heteroatoms. The number of ether oxygens (including phenoxy) is 2. The quantitative estimate of drug-likeness (QED) is 0.358. The van der Waals surface area contributed by atoms with Gasteiger partial charge in [-0.05, 0) is 42.0 Å². The number of nitrogens with one attached hydrogen (secondary N) is 1. The summed E-state index contributed by atoms with van der Waals surface area (Å²) < 4.78 is 18.1. The first-order valence-electron chi connectivity index (χ1n) is 9.64. The molecule has 0 spiro atoms. The van der Waals surface area contributed by atoms with Crippen molar-refractivity contribution in [2.24, 2.45) is 0 Å². The Balaban J connectivity index is 1.34. The van der Waals surface area contributed by atoms with Gasteiger partial charge in [-0.1, -0.05) is 35.3 Å². The predicted molar refractivity (Wildman–Crippen MR) is 122 cm³/mol. The molecule has 4 aromatic rings. The molecule has 7 nitrogen and oxygen atoms in total. The van der Waals surface area contributed by atoms with E-state index in [2.05, 4.69) is 10.4 Å². The number of amides is 1. The molecule has 0 saturated heterocycles. The third-order valence-corrected chi connectivity index (χ3v) is 5.12. The van der Waals surface area contributed by atoms with Gasteiger partial charge in [-0.3, -0.25) is 9.48 Å². The number of furan rings is 1. The lowest BCUT2D eigenvalue weighted by atomic mass is 10.2. The molecule has 4 rings (SSSR count). The van der Waals surface area contributed by atoms with Gasteiger partial charge in [0.1, 0.15) is 23.9 Å². The highest BCUT2D eigenvalue weighted by atomic mass is 35.5. The minimum Gasteiger partial charge on any atom is -0.497 e. The molecule has 2 heterocycles. The lowest BCUT2D eigenvalue weighted by molar-refractivity contribution is 0.0992. The molecule has 2 aromatic heterocycles. The number of rotatable bonds is 8. The number of carbonyl (C=O) groups excluding carboxylic acids is 1. The molecule has 164 valence electrons. The first-order chi connectivity index (χ1) is 15.5. The van der Waals surface area contributed by atoms with Crippen LogP contribution in [0.5, 0.6) is 11.5 Å². The molecule has 1 amide bonds. The minimum atomic E-state index is -0.410. The van der Waals surface area contributed by atoms with Crippen molar-refractivity contribution in [2.45, 2.75) is 13.2 Å². The lowest BCUT2D eigenvalue weighted by Crippen LogP contribution is -2.12. The van der Waals surface area contributed by atoms with E-state index in [1.165, 1.54) is 0 Å². The van der Waals surface area contributed by atoms with Crippen LogP contribution in [0.15, 0.2) is 71.3 Å². The van der Waals surface area contributed by atoms with Crippen molar-refractivity contribution in [1.82, 2.24) is 9.78 Å². The van der Waals surface area contributed by atoms with Gasteiger partial charge in [0.05, 0.1) is 13.7 Å². The van der Waals surface area contributed by atoms with Crippen LogP contribution >= 0.6 is 23.2 Å². The smallest absolute Gasteiger partial charge is 0.292 e. The molecule has 0 atom stereocenters. The molecule has 0 bridgehead atoms. The zero-order chi connectivity index (χ0) is 22.5. The van der Waals surface area contributed by atoms with Crippen LogP contribution in [-0.2, 0) is 13.2 Å². The van der Waals surface area contributed by atoms with E-state index < -0.39 is 5.91 Å². The molecule has 2 aromatic carbocycles. The van der Waals surface area contributed by atoms with Crippen molar-refractivity contribution >= 4 is 34.9 Å². The first-order valence-corrected chi connectivity index (χ1v) is 10.4. The summed E-state index contributed by atoms with van der Waals surface area (Å²) in [4.78, 5) is 12.5. The normalized spacial score (nSPS) is 10.7. The highest BCUT2D eigenvalue weighted by molar-refractivity contribution is 6.35. The number of hydrogen-bond acceptors (Lipinski definition) is 5. The fourth-order valence-electron chi connectivity index (χ4n) is 2.94. The van der Waals surface area contributed by atoms with Gasteiger partial charge >= 0.3 is 0 Å². The number of carbonyl (C=O) groups is 1. The first kappa shape index (κ1) is 21.8. The number of methoxy groups -OCH3 is 1. The predicted octanol–water partition coefficient (Wildman–Crippen LogP) is 5.67. The van der Waals surface area contributed by atoms with Gasteiger partial charge in [0.15, 0.2) is 11.6 Å². The van der Waals surface area contributed by atoms with Crippen LogP contribution in [0.4, 0.5) is 5.82 Å². The van der Waals surface area contributed by atoms with Gasteiger partial charge in [-0.15, -0.1) is 0 Å². The third-order valence-electron chi connectivity index (χ3n) is 4.54. The summed E-state index contributed by atoms with van der Waals surface area (Å²) in [6.07, 6.45) is 1.75. The zero-order valence-electron chi connectivity index (χ0n) is 17.0. The second-order valence-electron chi connectivity index (χ2n) is 6.82. The van der Waals surface area contributed by atoms with Gasteiger partial charge in [0, 0.05) is 28.4 Å². The van der Waals surface area contributed by atoms with Crippen molar-refractivity contribution in [3.63, 3.8) is 0 Å². The molecule has 0 radical (unpaired) electrons. The number of hydrogen-bond donors (Lipinski definition) is 1. The summed E-state index contributed by atoms with van der Waals surface area (Å²) in [6, 6.07) is 17.5. The third kappa shape index (κ3) is 5.43. The van der Waals surface area contributed by atoms with E-state index in [9.17, 15) is 4.79 Å². The Bertz CT molecular complexity index is 1240. The van der Waals surface area contributed by atoms with Gasteiger partial charge in [0.25, 0.3) is 5.91 Å². The van der Waals surface area contributed by atoms with Crippen LogP contribution in [0.25, 0.3) is 0 Å². The number of benzene rings is 2. The fourth-order valence-corrected chi connectivity index (χ4v) is 3.41. The number of nitrogens with zero attached hydrogens (tertiary/aromatic N) is 2. The molecule has 0 aliphatic carbocycles. The summed E-state index contributed by atoms with van der Waals surface area (Å²) in [5.41, 5.74) is 0.865. The monoisotopic (exact) mass is 471 g/mol. The Labute approximate surface area is 194 Å². The standard InChI is InChI=1S/C23H19Cl2N3O4/c1-30-17-3-2-4-18(12-17)31-14-19-7-8-21(32-19)23(29)26-22-9-10-28(27-22)13-15-5-6-16(24)11-20(15)25/h2-12H,13-14H2,1H3,(H,26,27,29). The number of halogens is 2. The molecular weight excluding hydrogens is 453 g/mol. The molecular formula is C23H19Cl2N3O4. The molecule has 0 unspecified atom stereocenters. The summed E-state index contributed by atoms with van der Waals surface area (Å²) >= 11 is 12.1. The Hall–Kier alpha value is -3.42. The lowest BCUT2D eigenvalue weighted by Gasteiger charge is -2.06. The topological polar surface area (TPSA) is 78.5 Å². The van der Waals surface area contributed by atoms with Crippen molar-refractivity contribution in [2.75, 3.05) is 12.4 Å². The second-order valence-corrected chi connectivity index (χ2v) is 7.67. The van der Waals surface area contributed by atoms with Crippen molar-refractivity contribution in [1.29, 1.82) is 0 Å².